The van der Waals surface area contributed by atoms with Crippen LogP contribution in [0.15, 0.2) is 5.16 Å². The number of hydrogen-bond donors (Lipinski definition) is 2. The van der Waals surface area contributed by atoms with Gasteiger partial charge in [-0.15, -0.1) is 0 Å². The third kappa shape index (κ3) is 5.09. The maximum atomic E-state index is 12.2. The van der Waals surface area contributed by atoms with Crippen LogP contribution >= 0.6 is 0 Å². The van der Waals surface area contributed by atoms with E-state index in [0.717, 1.165) is 12.3 Å². The summed E-state index contributed by atoms with van der Waals surface area (Å²) in [6, 6.07) is 0. The van der Waals surface area contributed by atoms with Crippen LogP contribution in [0, 0.1) is 11.8 Å². The van der Waals surface area contributed by atoms with E-state index >= 15 is 0 Å². The van der Waals surface area contributed by atoms with Gasteiger partial charge >= 0.3 is 0 Å². The SMILES string of the molecule is CCN(CC(C)/C(N)=N/O)C(=O)CCC1CCCC1. The fraction of sp³-hybridized carbons (Fsp3) is 0.857. The van der Waals surface area contributed by atoms with Gasteiger partial charge in [0, 0.05) is 25.4 Å². The molecule has 0 radical (unpaired) electrons. The lowest BCUT2D eigenvalue weighted by molar-refractivity contribution is -0.131. The van der Waals surface area contributed by atoms with Crippen molar-refractivity contribution in [3.63, 3.8) is 0 Å². The van der Waals surface area contributed by atoms with Gasteiger partial charge in [0.1, 0.15) is 5.84 Å². The Morgan fingerprint density at radius 1 is 1.47 bits per heavy atom. The molecule has 5 heteroatoms. The van der Waals surface area contributed by atoms with E-state index in [0.29, 0.717) is 19.5 Å². The van der Waals surface area contributed by atoms with Gasteiger partial charge in [-0.05, 0) is 19.3 Å². The van der Waals surface area contributed by atoms with Gasteiger partial charge in [-0.1, -0.05) is 37.8 Å². The number of carbonyl (C=O) groups is 1. The number of nitrogens with two attached hydrogens (primary N) is 1. The second-order valence-electron chi connectivity index (χ2n) is 5.55. The van der Waals surface area contributed by atoms with Gasteiger partial charge in [0.15, 0.2) is 0 Å². The van der Waals surface area contributed by atoms with E-state index in [2.05, 4.69) is 5.16 Å². The average Bonchev–Trinajstić information content (AvgIpc) is 2.94. The van der Waals surface area contributed by atoms with Crippen molar-refractivity contribution < 1.29 is 10.0 Å². The third-order valence-corrected chi connectivity index (χ3v) is 4.09. The van der Waals surface area contributed by atoms with Crippen LogP contribution in [-0.2, 0) is 4.79 Å². The van der Waals surface area contributed by atoms with Gasteiger partial charge in [0.05, 0.1) is 0 Å². The Bertz CT molecular complexity index is 312. The highest BCUT2D eigenvalue weighted by atomic mass is 16.4. The second-order valence-corrected chi connectivity index (χ2v) is 5.55. The standard InChI is InChI=1S/C14H27N3O2/c1-3-17(10-11(2)14(15)16-19)13(18)9-8-12-6-4-5-7-12/h11-12,19H,3-10H2,1-2H3,(H2,15,16). The van der Waals surface area contributed by atoms with E-state index in [-0.39, 0.29) is 17.7 Å². The zero-order valence-corrected chi connectivity index (χ0v) is 12.1. The summed E-state index contributed by atoms with van der Waals surface area (Å²) in [5.74, 6) is 0.999. The number of hydrogen-bond acceptors (Lipinski definition) is 3. The fourth-order valence-corrected chi connectivity index (χ4v) is 2.71. The molecule has 0 aromatic rings. The highest BCUT2D eigenvalue weighted by molar-refractivity contribution is 5.83. The molecule has 110 valence electrons. The topological polar surface area (TPSA) is 78.9 Å². The van der Waals surface area contributed by atoms with Crippen LogP contribution in [0.4, 0.5) is 0 Å². The highest BCUT2D eigenvalue weighted by Crippen LogP contribution is 2.28. The van der Waals surface area contributed by atoms with Crippen molar-refractivity contribution in [1.82, 2.24) is 4.90 Å². The van der Waals surface area contributed by atoms with Crippen LogP contribution in [0.1, 0.15) is 52.4 Å². The molecule has 0 aliphatic heterocycles. The normalized spacial score (nSPS) is 18.5. The highest BCUT2D eigenvalue weighted by Gasteiger charge is 2.20. The van der Waals surface area contributed by atoms with Crippen molar-refractivity contribution in [1.29, 1.82) is 0 Å². The zero-order chi connectivity index (χ0) is 14.3. The molecule has 0 saturated heterocycles. The van der Waals surface area contributed by atoms with E-state index in [1.54, 1.807) is 4.90 Å². The van der Waals surface area contributed by atoms with Gasteiger partial charge in [0.2, 0.25) is 5.91 Å². The number of amides is 1. The van der Waals surface area contributed by atoms with Crippen LogP contribution in [0.3, 0.4) is 0 Å². The minimum absolute atomic E-state index is 0.111. The third-order valence-electron chi connectivity index (χ3n) is 4.09. The predicted octanol–water partition coefficient (Wildman–Crippen LogP) is 2.19. The van der Waals surface area contributed by atoms with Crippen LogP contribution < -0.4 is 5.73 Å². The maximum absolute atomic E-state index is 12.2. The van der Waals surface area contributed by atoms with E-state index in [1.165, 1.54) is 25.7 Å². The number of amidine groups is 1. The summed E-state index contributed by atoms with van der Waals surface area (Å²) in [4.78, 5) is 14.0. The average molecular weight is 269 g/mol. The van der Waals surface area contributed by atoms with Crippen molar-refractivity contribution in [2.24, 2.45) is 22.7 Å². The summed E-state index contributed by atoms with van der Waals surface area (Å²) in [6.07, 6.45) is 6.82. The Balaban J connectivity index is 2.37. The maximum Gasteiger partial charge on any atom is 0.222 e. The molecule has 0 heterocycles. The van der Waals surface area contributed by atoms with Crippen LogP contribution in [0.2, 0.25) is 0 Å². The smallest absolute Gasteiger partial charge is 0.222 e. The van der Waals surface area contributed by atoms with Gasteiger partial charge in [-0.25, -0.2) is 0 Å². The summed E-state index contributed by atoms with van der Waals surface area (Å²) in [7, 11) is 0. The summed E-state index contributed by atoms with van der Waals surface area (Å²) in [5, 5.41) is 11.6. The van der Waals surface area contributed by atoms with Gasteiger partial charge in [-0.2, -0.15) is 0 Å². The molecule has 1 fully saturated rings. The molecule has 1 atom stereocenters. The van der Waals surface area contributed by atoms with Crippen molar-refractivity contribution >= 4 is 11.7 Å². The van der Waals surface area contributed by atoms with Crippen LogP contribution in [0.25, 0.3) is 0 Å². The summed E-state index contributed by atoms with van der Waals surface area (Å²) < 4.78 is 0. The first kappa shape index (κ1) is 15.8. The second kappa shape index (κ2) is 8.02. The molecule has 19 heavy (non-hydrogen) atoms. The molecule has 1 rings (SSSR count). The van der Waals surface area contributed by atoms with Crippen molar-refractivity contribution in [3.8, 4) is 0 Å². The lowest BCUT2D eigenvalue weighted by Crippen LogP contribution is -2.38. The summed E-state index contributed by atoms with van der Waals surface area (Å²) in [6.45, 7) is 5.02. The van der Waals surface area contributed by atoms with Gasteiger partial charge in [-0.3, -0.25) is 4.79 Å². The minimum atomic E-state index is -0.111. The van der Waals surface area contributed by atoms with E-state index in [4.69, 9.17) is 10.9 Å². The predicted molar refractivity (Wildman–Crippen MR) is 76.0 cm³/mol. The molecular weight excluding hydrogens is 242 g/mol. The Labute approximate surface area is 115 Å². The Morgan fingerprint density at radius 3 is 2.63 bits per heavy atom. The fourth-order valence-electron chi connectivity index (χ4n) is 2.71. The van der Waals surface area contributed by atoms with E-state index < -0.39 is 0 Å². The lowest BCUT2D eigenvalue weighted by atomic mass is 10.0. The first-order valence-corrected chi connectivity index (χ1v) is 7.33. The van der Waals surface area contributed by atoms with Crippen molar-refractivity contribution in [2.45, 2.75) is 52.4 Å². The first-order valence-electron chi connectivity index (χ1n) is 7.33. The largest absolute Gasteiger partial charge is 0.409 e. The van der Waals surface area contributed by atoms with E-state index in [1.807, 2.05) is 13.8 Å². The van der Waals surface area contributed by atoms with Crippen LogP contribution in [0.5, 0.6) is 0 Å². The molecule has 1 saturated carbocycles. The molecule has 1 amide bonds. The van der Waals surface area contributed by atoms with Crippen LogP contribution in [-0.4, -0.2) is 34.9 Å². The van der Waals surface area contributed by atoms with Gasteiger partial charge in [0.25, 0.3) is 0 Å². The summed E-state index contributed by atoms with van der Waals surface area (Å²) >= 11 is 0. The Hall–Kier alpha value is -1.26. The first-order chi connectivity index (χ1) is 9.08. The van der Waals surface area contributed by atoms with Crippen molar-refractivity contribution in [2.75, 3.05) is 13.1 Å². The molecule has 0 spiro atoms. The molecule has 1 aliphatic rings. The monoisotopic (exact) mass is 269 g/mol. The summed E-state index contributed by atoms with van der Waals surface area (Å²) in [5.41, 5.74) is 5.56. The molecule has 5 nitrogen and oxygen atoms in total. The quantitative estimate of drug-likeness (QED) is 0.322. The van der Waals surface area contributed by atoms with Gasteiger partial charge < -0.3 is 15.8 Å². The lowest BCUT2D eigenvalue weighted by Gasteiger charge is -2.24. The molecule has 0 aromatic heterocycles. The van der Waals surface area contributed by atoms with E-state index in [9.17, 15) is 4.79 Å². The number of oxime groups is 1. The number of nitrogens with zero attached hydrogens (tertiary/aromatic N) is 2. The molecule has 3 N–H and O–H groups in total. The Kier molecular flexibility index (Phi) is 6.67. The molecule has 0 bridgehead atoms. The molecule has 0 aromatic carbocycles. The zero-order valence-electron chi connectivity index (χ0n) is 12.1. The number of carbonyl (C=O) groups excluding carboxylic acids is 1. The minimum Gasteiger partial charge on any atom is -0.409 e. The van der Waals surface area contributed by atoms with Crippen molar-refractivity contribution in [3.05, 3.63) is 0 Å². The molecule has 1 unspecified atom stereocenters. The number of rotatable bonds is 7. The molecule has 1 aliphatic carbocycles. The Morgan fingerprint density at radius 2 is 2.11 bits per heavy atom. The molecular formula is C14H27N3O2.